The van der Waals surface area contributed by atoms with E-state index in [1.165, 1.54) is 5.57 Å². The highest BCUT2D eigenvalue weighted by atomic mass is 16.6. The molecule has 138 valence electrons. The van der Waals surface area contributed by atoms with Crippen LogP contribution < -0.4 is 5.32 Å². The first kappa shape index (κ1) is 18.4. The Morgan fingerprint density at radius 1 is 1.27 bits per heavy atom. The van der Waals surface area contributed by atoms with Crippen LogP contribution in [-0.2, 0) is 9.53 Å². The first-order valence-corrected chi connectivity index (χ1v) is 9.35. The Bertz CT molecular complexity index is 688. The molecule has 5 heteroatoms. The van der Waals surface area contributed by atoms with Gasteiger partial charge in [-0.05, 0) is 37.3 Å². The molecule has 1 aromatic rings. The molecule has 0 radical (unpaired) electrons. The first-order chi connectivity index (χ1) is 12.8. The minimum atomic E-state index is -0.393. The summed E-state index contributed by atoms with van der Waals surface area (Å²) in [5.41, 5.74) is 3.08. The molecule has 1 aliphatic heterocycles. The number of likely N-dealkylation sites (tertiary alicyclic amines) is 1. The molecule has 0 bridgehead atoms. The molecule has 1 aromatic carbocycles. The van der Waals surface area contributed by atoms with E-state index in [0.29, 0.717) is 6.42 Å². The topological polar surface area (TPSA) is 58.6 Å². The summed E-state index contributed by atoms with van der Waals surface area (Å²) in [5, 5.41) is 2.91. The van der Waals surface area contributed by atoms with Crippen molar-refractivity contribution in [1.82, 2.24) is 4.90 Å². The van der Waals surface area contributed by atoms with Crippen molar-refractivity contribution in [1.29, 1.82) is 0 Å². The molecule has 0 saturated carbocycles. The van der Waals surface area contributed by atoms with Gasteiger partial charge in [-0.3, -0.25) is 5.32 Å². The summed E-state index contributed by atoms with van der Waals surface area (Å²) in [6, 6.07) is 7.85. The molecule has 1 fully saturated rings. The van der Waals surface area contributed by atoms with Crippen LogP contribution in [0.15, 0.2) is 42.5 Å². The van der Waals surface area contributed by atoms with Crippen LogP contribution in [-0.4, -0.2) is 43.0 Å². The Labute approximate surface area is 154 Å². The number of hydrogen-bond donors (Lipinski definition) is 1. The van der Waals surface area contributed by atoms with Crippen molar-refractivity contribution >= 4 is 23.6 Å². The van der Waals surface area contributed by atoms with E-state index >= 15 is 0 Å². The van der Waals surface area contributed by atoms with Crippen LogP contribution in [0.3, 0.4) is 0 Å². The molecule has 0 spiro atoms. The number of benzene rings is 1. The van der Waals surface area contributed by atoms with Crippen molar-refractivity contribution in [2.45, 2.75) is 38.2 Å². The minimum Gasteiger partial charge on any atom is -0.446 e. The molecule has 1 N–H and O–H groups in total. The second-order valence-corrected chi connectivity index (χ2v) is 6.73. The molecule has 0 atom stereocenters. The molecule has 1 saturated heterocycles. The van der Waals surface area contributed by atoms with E-state index in [1.54, 1.807) is 0 Å². The summed E-state index contributed by atoms with van der Waals surface area (Å²) in [7, 11) is 0. The van der Waals surface area contributed by atoms with Gasteiger partial charge in [0.1, 0.15) is 12.4 Å². The van der Waals surface area contributed by atoms with Gasteiger partial charge in [0.15, 0.2) is 0 Å². The van der Waals surface area contributed by atoms with Crippen LogP contribution in [0, 0.1) is 0 Å². The number of aldehydes is 1. The Morgan fingerprint density at radius 2 is 2.08 bits per heavy atom. The third-order valence-electron chi connectivity index (χ3n) is 4.90. The van der Waals surface area contributed by atoms with E-state index in [-0.39, 0.29) is 6.10 Å². The largest absolute Gasteiger partial charge is 0.446 e. The highest BCUT2D eigenvalue weighted by molar-refractivity contribution is 5.90. The zero-order valence-electron chi connectivity index (χ0n) is 15.0. The van der Waals surface area contributed by atoms with E-state index < -0.39 is 6.09 Å². The Kier molecular flexibility index (Phi) is 6.61. The lowest BCUT2D eigenvalue weighted by atomic mass is 9.96. The molecule has 26 heavy (non-hydrogen) atoms. The normalized spacial score (nSPS) is 18.2. The number of hydrogen-bond acceptors (Lipinski definition) is 4. The molecule has 2 aliphatic rings. The maximum atomic E-state index is 12.3. The van der Waals surface area contributed by atoms with Crippen molar-refractivity contribution in [3.8, 4) is 0 Å². The first-order valence-electron chi connectivity index (χ1n) is 9.35. The SMILES string of the molecule is O=CCCN1CCC(OC(=O)Nc2ccccc2C2=CC=CCC2)CC1. The van der Waals surface area contributed by atoms with E-state index in [2.05, 4.69) is 28.4 Å². The number of carbonyl (C=O) groups is 2. The predicted molar refractivity (Wildman–Crippen MR) is 103 cm³/mol. The van der Waals surface area contributed by atoms with E-state index in [1.807, 2.05) is 24.3 Å². The third kappa shape index (κ3) is 5.05. The molecule has 1 heterocycles. The number of allylic oxidation sites excluding steroid dienone is 4. The van der Waals surface area contributed by atoms with Gasteiger partial charge in [-0.25, -0.2) is 4.79 Å². The molecule has 1 amide bonds. The van der Waals surface area contributed by atoms with Crippen LogP contribution in [0.1, 0.15) is 37.7 Å². The molecule has 3 rings (SSSR count). The van der Waals surface area contributed by atoms with Crippen molar-refractivity contribution in [3.63, 3.8) is 0 Å². The third-order valence-corrected chi connectivity index (χ3v) is 4.90. The average Bonchev–Trinajstić information content (AvgIpc) is 2.68. The number of carbonyl (C=O) groups excluding carboxylic acids is 2. The number of rotatable bonds is 6. The van der Waals surface area contributed by atoms with Crippen molar-refractivity contribution in [3.05, 3.63) is 48.1 Å². The lowest BCUT2D eigenvalue weighted by Crippen LogP contribution is -2.39. The van der Waals surface area contributed by atoms with Gasteiger partial charge < -0.3 is 14.4 Å². The summed E-state index contributed by atoms with van der Waals surface area (Å²) >= 11 is 0. The number of piperidine rings is 1. The van der Waals surface area contributed by atoms with E-state index in [0.717, 1.165) is 62.9 Å². The Morgan fingerprint density at radius 3 is 2.81 bits per heavy atom. The van der Waals surface area contributed by atoms with E-state index in [9.17, 15) is 9.59 Å². The van der Waals surface area contributed by atoms with Crippen molar-refractivity contribution in [2.24, 2.45) is 0 Å². The van der Waals surface area contributed by atoms with Crippen molar-refractivity contribution in [2.75, 3.05) is 25.0 Å². The number of nitrogens with zero attached hydrogens (tertiary/aromatic N) is 1. The van der Waals surface area contributed by atoms with E-state index in [4.69, 9.17) is 4.74 Å². The molecule has 5 nitrogen and oxygen atoms in total. The second-order valence-electron chi connectivity index (χ2n) is 6.73. The fourth-order valence-electron chi connectivity index (χ4n) is 3.48. The molecular weight excluding hydrogens is 328 g/mol. The van der Waals surface area contributed by atoms with Gasteiger partial charge in [0.2, 0.25) is 0 Å². The van der Waals surface area contributed by atoms with Crippen molar-refractivity contribution < 1.29 is 14.3 Å². The van der Waals surface area contributed by atoms with Gasteiger partial charge in [-0.2, -0.15) is 0 Å². The standard InChI is InChI=1S/C21H26N2O3/c24-16-6-13-23-14-11-18(12-15-23)26-21(25)22-20-10-5-4-9-19(20)17-7-2-1-3-8-17/h1-2,4-5,7,9-10,16,18H,3,6,8,11-15H2,(H,22,25). The molecular formula is C21H26N2O3. The predicted octanol–water partition coefficient (Wildman–Crippen LogP) is 4.02. The fraction of sp³-hybridized carbons (Fsp3) is 0.429. The smallest absolute Gasteiger partial charge is 0.411 e. The summed E-state index contributed by atoms with van der Waals surface area (Å²) in [6.45, 7) is 2.52. The lowest BCUT2D eigenvalue weighted by Gasteiger charge is -2.31. The van der Waals surface area contributed by atoms with Gasteiger partial charge in [-0.15, -0.1) is 0 Å². The monoisotopic (exact) mass is 354 g/mol. The Balaban J connectivity index is 1.54. The van der Waals surface area contributed by atoms with Crippen LogP contribution in [0.4, 0.5) is 10.5 Å². The maximum absolute atomic E-state index is 12.3. The second kappa shape index (κ2) is 9.34. The van der Waals surface area contributed by atoms with Gasteiger partial charge >= 0.3 is 6.09 Å². The highest BCUT2D eigenvalue weighted by Crippen LogP contribution is 2.29. The molecule has 1 aliphatic carbocycles. The number of ether oxygens (including phenoxy) is 1. The zero-order chi connectivity index (χ0) is 18.2. The number of para-hydroxylation sites is 1. The number of nitrogens with one attached hydrogen (secondary N) is 1. The number of anilines is 1. The summed E-state index contributed by atoms with van der Waals surface area (Å²) in [6.07, 6.45) is 11.0. The summed E-state index contributed by atoms with van der Waals surface area (Å²) in [4.78, 5) is 25.0. The van der Waals surface area contributed by atoms with Gasteiger partial charge in [0, 0.05) is 31.6 Å². The molecule has 0 aromatic heterocycles. The van der Waals surface area contributed by atoms with Gasteiger partial charge in [-0.1, -0.05) is 36.4 Å². The maximum Gasteiger partial charge on any atom is 0.411 e. The van der Waals surface area contributed by atoms with Crippen LogP contribution in [0.25, 0.3) is 5.57 Å². The quantitative estimate of drug-likeness (QED) is 0.784. The lowest BCUT2D eigenvalue weighted by molar-refractivity contribution is -0.108. The van der Waals surface area contributed by atoms with Crippen LogP contribution in [0.2, 0.25) is 0 Å². The Hall–Kier alpha value is -2.40. The highest BCUT2D eigenvalue weighted by Gasteiger charge is 2.22. The summed E-state index contributed by atoms with van der Waals surface area (Å²) in [5.74, 6) is 0. The van der Waals surface area contributed by atoms with Crippen LogP contribution >= 0.6 is 0 Å². The number of amides is 1. The van der Waals surface area contributed by atoms with Gasteiger partial charge in [0.25, 0.3) is 0 Å². The van der Waals surface area contributed by atoms with Gasteiger partial charge in [0.05, 0.1) is 5.69 Å². The molecule has 0 unspecified atom stereocenters. The van der Waals surface area contributed by atoms with Crippen LogP contribution in [0.5, 0.6) is 0 Å². The zero-order valence-corrected chi connectivity index (χ0v) is 15.0. The summed E-state index contributed by atoms with van der Waals surface area (Å²) < 4.78 is 5.61. The minimum absolute atomic E-state index is 0.0635. The average molecular weight is 354 g/mol. The fourth-order valence-corrected chi connectivity index (χ4v) is 3.48.